The molecule has 12 heavy (non-hydrogen) atoms. The van der Waals surface area contributed by atoms with E-state index < -0.39 is 0 Å². The van der Waals surface area contributed by atoms with Crippen molar-refractivity contribution in [1.29, 1.82) is 0 Å². The van der Waals surface area contributed by atoms with Crippen LogP contribution in [0.5, 0.6) is 0 Å². The van der Waals surface area contributed by atoms with Crippen LogP contribution in [-0.2, 0) is 14.3 Å². The van der Waals surface area contributed by atoms with Crippen LogP contribution in [-0.4, -0.2) is 11.9 Å². The van der Waals surface area contributed by atoms with Crippen molar-refractivity contribution in [2.45, 2.75) is 26.2 Å². The van der Waals surface area contributed by atoms with E-state index in [1.165, 1.54) is 0 Å². The van der Waals surface area contributed by atoms with E-state index in [1.54, 1.807) is 0 Å². The molecule has 3 heteroatoms. The molecule has 0 spiro atoms. The molecule has 2 rings (SSSR count). The summed E-state index contributed by atoms with van der Waals surface area (Å²) in [5, 5.41) is 0. The smallest absolute Gasteiger partial charge is 0.317 e. The van der Waals surface area contributed by atoms with E-state index in [0.717, 1.165) is 19.3 Å². The molecule has 1 aliphatic heterocycles. The number of hydrogen-bond donors (Lipinski definition) is 0. The third kappa shape index (κ3) is 0.958. The van der Waals surface area contributed by atoms with Gasteiger partial charge in [-0.15, -0.1) is 0 Å². The van der Waals surface area contributed by atoms with E-state index in [1.807, 2.05) is 6.92 Å². The lowest BCUT2D eigenvalue weighted by Gasteiger charge is -2.25. The SMILES string of the molecule is C[C@H]1CCC[C@@H]2C(=O)OC(=O)[C@@H]21. The number of fused-ring (bicyclic) bond motifs is 1. The zero-order valence-electron chi connectivity index (χ0n) is 7.08. The minimum absolute atomic E-state index is 0.124. The van der Waals surface area contributed by atoms with E-state index in [2.05, 4.69) is 4.74 Å². The second-order valence-corrected chi connectivity index (χ2v) is 3.78. The highest BCUT2D eigenvalue weighted by molar-refractivity contribution is 5.96. The molecule has 1 saturated heterocycles. The molecular weight excluding hydrogens is 156 g/mol. The van der Waals surface area contributed by atoms with Gasteiger partial charge in [0.25, 0.3) is 0 Å². The molecule has 0 amide bonds. The van der Waals surface area contributed by atoms with Gasteiger partial charge in [-0.2, -0.15) is 0 Å². The van der Waals surface area contributed by atoms with Gasteiger partial charge in [0.05, 0.1) is 11.8 Å². The third-order valence-electron chi connectivity index (χ3n) is 3.00. The second-order valence-electron chi connectivity index (χ2n) is 3.78. The van der Waals surface area contributed by atoms with Gasteiger partial charge in [0.1, 0.15) is 0 Å². The van der Waals surface area contributed by atoms with Crippen molar-refractivity contribution < 1.29 is 14.3 Å². The van der Waals surface area contributed by atoms with Gasteiger partial charge in [-0.1, -0.05) is 13.3 Å². The lowest BCUT2D eigenvalue weighted by Crippen LogP contribution is -2.28. The van der Waals surface area contributed by atoms with Gasteiger partial charge in [-0.05, 0) is 18.8 Å². The van der Waals surface area contributed by atoms with Crippen LogP contribution >= 0.6 is 0 Å². The zero-order chi connectivity index (χ0) is 8.72. The number of carbonyl (C=O) groups is 2. The molecule has 0 bridgehead atoms. The summed E-state index contributed by atoms with van der Waals surface area (Å²) in [6.07, 6.45) is 2.92. The fourth-order valence-corrected chi connectivity index (χ4v) is 2.32. The summed E-state index contributed by atoms with van der Waals surface area (Å²) in [4.78, 5) is 22.3. The number of hydrogen-bond acceptors (Lipinski definition) is 3. The van der Waals surface area contributed by atoms with Gasteiger partial charge in [0.2, 0.25) is 0 Å². The Morgan fingerprint density at radius 1 is 1.25 bits per heavy atom. The molecule has 0 aromatic heterocycles. The molecule has 1 aliphatic carbocycles. The van der Waals surface area contributed by atoms with Gasteiger partial charge >= 0.3 is 11.9 Å². The first-order valence-electron chi connectivity index (χ1n) is 4.45. The number of esters is 2. The van der Waals surface area contributed by atoms with Crippen LogP contribution in [0.4, 0.5) is 0 Å². The Morgan fingerprint density at radius 2 is 2.00 bits per heavy atom. The van der Waals surface area contributed by atoms with Crippen molar-refractivity contribution in [1.82, 2.24) is 0 Å². The van der Waals surface area contributed by atoms with Crippen LogP contribution in [0.25, 0.3) is 0 Å². The van der Waals surface area contributed by atoms with Crippen molar-refractivity contribution in [3.05, 3.63) is 0 Å². The van der Waals surface area contributed by atoms with Crippen LogP contribution in [0.2, 0.25) is 0 Å². The fourth-order valence-electron chi connectivity index (χ4n) is 2.32. The van der Waals surface area contributed by atoms with Crippen LogP contribution in [0, 0.1) is 17.8 Å². The highest BCUT2D eigenvalue weighted by Crippen LogP contribution is 2.40. The summed E-state index contributed by atoms with van der Waals surface area (Å²) in [5.74, 6) is -0.524. The highest BCUT2D eigenvalue weighted by Gasteiger charge is 2.48. The predicted octanol–water partition coefficient (Wildman–Crippen LogP) is 1.12. The van der Waals surface area contributed by atoms with Crippen molar-refractivity contribution in [2.24, 2.45) is 17.8 Å². The van der Waals surface area contributed by atoms with E-state index >= 15 is 0 Å². The quantitative estimate of drug-likeness (QED) is 0.402. The van der Waals surface area contributed by atoms with E-state index in [-0.39, 0.29) is 23.8 Å². The second kappa shape index (κ2) is 2.57. The molecule has 0 aromatic carbocycles. The van der Waals surface area contributed by atoms with Gasteiger partial charge in [-0.3, -0.25) is 9.59 Å². The molecule has 2 fully saturated rings. The summed E-state index contributed by atoms with van der Waals surface area (Å²) in [6.45, 7) is 2.02. The van der Waals surface area contributed by atoms with Crippen molar-refractivity contribution in [3.63, 3.8) is 0 Å². The Balaban J connectivity index is 2.24. The maximum Gasteiger partial charge on any atom is 0.317 e. The van der Waals surface area contributed by atoms with Gasteiger partial charge in [0.15, 0.2) is 0 Å². The first-order chi connectivity index (χ1) is 5.70. The highest BCUT2D eigenvalue weighted by atomic mass is 16.6. The summed E-state index contributed by atoms with van der Waals surface area (Å²) in [6, 6.07) is 0. The number of carbonyl (C=O) groups excluding carboxylic acids is 2. The number of cyclic esters (lactones) is 2. The molecule has 66 valence electrons. The molecule has 0 aromatic rings. The minimum Gasteiger partial charge on any atom is -0.393 e. The van der Waals surface area contributed by atoms with Gasteiger partial charge in [0, 0.05) is 0 Å². The van der Waals surface area contributed by atoms with Crippen LogP contribution in [0.15, 0.2) is 0 Å². The average molecular weight is 168 g/mol. The minimum atomic E-state index is -0.295. The maximum atomic E-state index is 11.2. The molecule has 3 atom stereocenters. The molecule has 1 saturated carbocycles. The normalized spacial score (nSPS) is 40.9. The Hall–Kier alpha value is -0.860. The topological polar surface area (TPSA) is 43.4 Å². The molecule has 0 N–H and O–H groups in total. The van der Waals surface area contributed by atoms with Crippen molar-refractivity contribution in [2.75, 3.05) is 0 Å². The lowest BCUT2D eigenvalue weighted by molar-refractivity contribution is -0.154. The zero-order valence-corrected chi connectivity index (χ0v) is 7.08. The van der Waals surface area contributed by atoms with E-state index in [0.29, 0.717) is 5.92 Å². The van der Waals surface area contributed by atoms with Crippen molar-refractivity contribution >= 4 is 11.9 Å². The van der Waals surface area contributed by atoms with Crippen LogP contribution in [0.3, 0.4) is 0 Å². The maximum absolute atomic E-state index is 11.2. The molecule has 0 radical (unpaired) electrons. The summed E-state index contributed by atoms with van der Waals surface area (Å²) < 4.78 is 4.60. The predicted molar refractivity (Wildman–Crippen MR) is 41.1 cm³/mol. The molecule has 3 nitrogen and oxygen atoms in total. The summed E-state index contributed by atoms with van der Waals surface area (Å²) >= 11 is 0. The molecule has 2 aliphatic rings. The number of rotatable bonds is 0. The first kappa shape index (κ1) is 7.77. The Bertz CT molecular complexity index is 234. The van der Waals surface area contributed by atoms with Crippen LogP contribution in [0.1, 0.15) is 26.2 Å². The summed E-state index contributed by atoms with van der Waals surface area (Å²) in [5.41, 5.74) is 0. The Labute approximate surface area is 71.1 Å². The van der Waals surface area contributed by atoms with Crippen molar-refractivity contribution in [3.8, 4) is 0 Å². The van der Waals surface area contributed by atoms with E-state index in [9.17, 15) is 9.59 Å². The fraction of sp³-hybridized carbons (Fsp3) is 0.778. The average Bonchev–Trinajstić information content (AvgIpc) is 2.29. The molecular formula is C9H12O3. The number of ether oxygens (including phenoxy) is 1. The van der Waals surface area contributed by atoms with Gasteiger partial charge in [-0.25, -0.2) is 0 Å². The molecule has 0 unspecified atom stereocenters. The monoisotopic (exact) mass is 168 g/mol. The molecule has 1 heterocycles. The van der Waals surface area contributed by atoms with Gasteiger partial charge < -0.3 is 4.74 Å². The summed E-state index contributed by atoms with van der Waals surface area (Å²) in [7, 11) is 0. The standard InChI is InChI=1S/C9H12O3/c1-5-3-2-4-6-7(5)9(11)12-8(6)10/h5-7H,2-4H2,1H3/t5-,6-,7+/m0/s1. The first-order valence-corrected chi connectivity index (χ1v) is 4.45. The lowest BCUT2D eigenvalue weighted by atomic mass is 9.74. The Morgan fingerprint density at radius 3 is 2.67 bits per heavy atom. The third-order valence-corrected chi connectivity index (χ3v) is 3.00. The van der Waals surface area contributed by atoms with E-state index in [4.69, 9.17) is 0 Å². The van der Waals surface area contributed by atoms with Crippen LogP contribution < -0.4 is 0 Å². The Kier molecular flexibility index (Phi) is 1.67. The largest absolute Gasteiger partial charge is 0.393 e.